The topological polar surface area (TPSA) is 55.7 Å². The van der Waals surface area contributed by atoms with Crippen LogP contribution in [-0.4, -0.2) is 37.1 Å². The molecule has 1 aliphatic heterocycles. The molecule has 0 radical (unpaired) electrons. The number of fused-ring (bicyclic) bond motifs is 1. The van der Waals surface area contributed by atoms with Gasteiger partial charge in [-0.2, -0.15) is 0 Å². The fraction of sp³-hybridized carbons (Fsp3) is 0.333. The number of hydrogen-bond donors (Lipinski definition) is 2. The predicted molar refractivity (Wildman–Crippen MR) is 112 cm³/mol. The first-order valence-electron chi connectivity index (χ1n) is 9.54. The van der Waals surface area contributed by atoms with Crippen LogP contribution in [0.25, 0.3) is 10.2 Å². The maximum absolute atomic E-state index is 12.4. The molecule has 4 rings (SSSR count). The Morgan fingerprint density at radius 1 is 1.25 bits per heavy atom. The summed E-state index contributed by atoms with van der Waals surface area (Å²) in [6.07, 6.45) is 2.21. The molecule has 1 saturated heterocycles. The van der Waals surface area contributed by atoms with Crippen LogP contribution in [-0.2, 0) is 4.79 Å². The largest absolute Gasteiger partial charge is 0.492 e. The highest BCUT2D eigenvalue weighted by atomic mass is 35.5. The number of likely N-dealkylation sites (tertiary alicyclic amines) is 1. The number of nitrogens with zero attached hydrogens (tertiary/aromatic N) is 1. The van der Waals surface area contributed by atoms with Crippen LogP contribution in [0.1, 0.15) is 23.9 Å². The first kappa shape index (κ1) is 19.2. The van der Waals surface area contributed by atoms with Crippen LogP contribution >= 0.6 is 22.9 Å². The Kier molecular flexibility index (Phi) is 6.10. The third kappa shape index (κ3) is 4.63. The Morgan fingerprint density at radius 2 is 2.07 bits per heavy atom. The second kappa shape index (κ2) is 8.90. The number of carbonyl (C=O) groups is 1. The van der Waals surface area contributed by atoms with Gasteiger partial charge in [0.15, 0.2) is 11.6 Å². The fourth-order valence-corrected chi connectivity index (χ4v) is 4.91. The number of ether oxygens (including phenoxy) is 1. The number of halogens is 1. The van der Waals surface area contributed by atoms with E-state index in [1.807, 2.05) is 24.3 Å². The molecule has 146 valence electrons. The van der Waals surface area contributed by atoms with Crippen LogP contribution in [0.2, 0.25) is 5.02 Å². The molecule has 0 spiro atoms. The first-order chi connectivity index (χ1) is 13.7. The van der Waals surface area contributed by atoms with Crippen molar-refractivity contribution in [1.29, 1.82) is 0 Å². The summed E-state index contributed by atoms with van der Waals surface area (Å²) >= 11 is 7.61. The summed E-state index contributed by atoms with van der Waals surface area (Å²) in [6, 6.07) is 15.8. The van der Waals surface area contributed by atoms with E-state index in [4.69, 9.17) is 21.3 Å². The minimum Gasteiger partial charge on any atom is -0.492 e. The molecule has 0 aliphatic carbocycles. The van der Waals surface area contributed by atoms with Gasteiger partial charge in [0.2, 0.25) is 0 Å². The van der Waals surface area contributed by atoms with Gasteiger partial charge in [-0.1, -0.05) is 23.7 Å². The molecule has 5 nitrogen and oxygen atoms in total. The van der Waals surface area contributed by atoms with Gasteiger partial charge in [0.1, 0.15) is 18.4 Å². The van der Waals surface area contributed by atoms with Crippen molar-refractivity contribution < 1.29 is 14.4 Å². The maximum atomic E-state index is 12.4. The number of benzene rings is 2. The van der Waals surface area contributed by atoms with Crippen molar-refractivity contribution in [3.8, 4) is 5.75 Å². The standard InChI is InChI=1S/C21H22ClN3O2S/c22-15-7-9-16(10-8-15)27-13-11-23-20(26)14-25-12-3-5-18(25)21-24-17-4-1-2-6-19(17)28-21/h1-2,4,6-10,18H,3,5,11-14H2,(H,23,26)/p+1/t18-/m0/s1. The van der Waals surface area contributed by atoms with E-state index in [0.717, 1.165) is 35.7 Å². The highest BCUT2D eigenvalue weighted by molar-refractivity contribution is 7.18. The molecule has 1 amide bonds. The Hall–Kier alpha value is -2.15. The first-order valence-corrected chi connectivity index (χ1v) is 10.7. The number of rotatable bonds is 7. The molecule has 1 fully saturated rings. The molecule has 0 bridgehead atoms. The highest BCUT2D eigenvalue weighted by Gasteiger charge is 2.33. The highest BCUT2D eigenvalue weighted by Crippen LogP contribution is 2.28. The van der Waals surface area contributed by atoms with Crippen LogP contribution in [0.15, 0.2) is 48.5 Å². The minimum absolute atomic E-state index is 0.0581. The van der Waals surface area contributed by atoms with Gasteiger partial charge in [-0.15, -0.1) is 11.3 Å². The molecule has 0 saturated carbocycles. The maximum Gasteiger partial charge on any atom is 0.275 e. The summed E-state index contributed by atoms with van der Waals surface area (Å²) in [6.45, 7) is 2.40. The third-order valence-corrected chi connectivity index (χ3v) is 6.39. The van der Waals surface area contributed by atoms with Crippen LogP contribution in [0.3, 0.4) is 0 Å². The second-order valence-corrected chi connectivity index (χ2v) is 8.45. The minimum atomic E-state index is 0.0581. The zero-order valence-corrected chi connectivity index (χ0v) is 17.1. The summed E-state index contributed by atoms with van der Waals surface area (Å²) in [5, 5.41) is 4.79. The van der Waals surface area contributed by atoms with Gasteiger partial charge >= 0.3 is 0 Å². The fourth-order valence-electron chi connectivity index (χ4n) is 3.62. The lowest BCUT2D eigenvalue weighted by Gasteiger charge is -2.19. The van der Waals surface area contributed by atoms with Crippen molar-refractivity contribution in [2.75, 3.05) is 26.2 Å². The van der Waals surface area contributed by atoms with E-state index >= 15 is 0 Å². The Morgan fingerprint density at radius 3 is 2.89 bits per heavy atom. The van der Waals surface area contributed by atoms with E-state index in [0.29, 0.717) is 30.8 Å². The molecule has 1 aliphatic rings. The SMILES string of the molecule is O=C(C[NH+]1CCC[C@H]1c1nc2ccccc2s1)NCCOc1ccc(Cl)cc1. The van der Waals surface area contributed by atoms with E-state index < -0.39 is 0 Å². The number of para-hydroxylation sites is 1. The Balaban J connectivity index is 1.26. The number of nitrogens with one attached hydrogen (secondary N) is 2. The lowest BCUT2D eigenvalue weighted by Crippen LogP contribution is -3.11. The molecule has 2 aromatic carbocycles. The van der Waals surface area contributed by atoms with Gasteiger partial charge in [-0.05, 0) is 36.4 Å². The summed E-state index contributed by atoms with van der Waals surface area (Å²) < 4.78 is 6.83. The summed E-state index contributed by atoms with van der Waals surface area (Å²) in [7, 11) is 0. The van der Waals surface area contributed by atoms with E-state index in [1.165, 1.54) is 9.60 Å². The van der Waals surface area contributed by atoms with E-state index in [9.17, 15) is 4.79 Å². The monoisotopic (exact) mass is 416 g/mol. The van der Waals surface area contributed by atoms with Crippen molar-refractivity contribution >= 4 is 39.1 Å². The van der Waals surface area contributed by atoms with Crippen LogP contribution in [0, 0.1) is 0 Å². The quantitative estimate of drug-likeness (QED) is 0.582. The zero-order valence-electron chi connectivity index (χ0n) is 15.5. The van der Waals surface area contributed by atoms with Crippen LogP contribution in [0.5, 0.6) is 5.75 Å². The molecular weight excluding hydrogens is 394 g/mol. The molecular formula is C21H23ClN3O2S+. The zero-order chi connectivity index (χ0) is 19.3. The smallest absolute Gasteiger partial charge is 0.275 e. The summed E-state index contributed by atoms with van der Waals surface area (Å²) in [5.74, 6) is 0.808. The average Bonchev–Trinajstić information content (AvgIpc) is 3.33. The number of carbonyl (C=O) groups excluding carboxylic acids is 1. The van der Waals surface area contributed by atoms with Crippen molar-refractivity contribution in [1.82, 2.24) is 10.3 Å². The number of amides is 1. The lowest BCUT2D eigenvalue weighted by atomic mass is 10.2. The third-order valence-electron chi connectivity index (χ3n) is 4.99. The normalized spacial score (nSPS) is 19.0. The van der Waals surface area contributed by atoms with Gasteiger partial charge < -0.3 is 15.0 Å². The Bertz CT molecular complexity index is 911. The van der Waals surface area contributed by atoms with Gasteiger partial charge in [0, 0.05) is 17.9 Å². The van der Waals surface area contributed by atoms with E-state index in [2.05, 4.69) is 17.4 Å². The van der Waals surface area contributed by atoms with Crippen molar-refractivity contribution in [2.45, 2.75) is 18.9 Å². The molecule has 7 heteroatoms. The number of thiazole rings is 1. The van der Waals surface area contributed by atoms with Gasteiger partial charge in [-0.25, -0.2) is 4.98 Å². The van der Waals surface area contributed by atoms with Gasteiger partial charge in [0.05, 0.1) is 23.3 Å². The summed E-state index contributed by atoms with van der Waals surface area (Å²) in [5.41, 5.74) is 1.05. The van der Waals surface area contributed by atoms with Gasteiger partial charge in [0.25, 0.3) is 5.91 Å². The van der Waals surface area contributed by atoms with E-state index in [-0.39, 0.29) is 5.91 Å². The van der Waals surface area contributed by atoms with Crippen LogP contribution in [0.4, 0.5) is 0 Å². The molecule has 28 heavy (non-hydrogen) atoms. The second-order valence-electron chi connectivity index (χ2n) is 6.95. The van der Waals surface area contributed by atoms with Crippen LogP contribution < -0.4 is 15.0 Å². The Labute approximate surface area is 173 Å². The predicted octanol–water partition coefficient (Wildman–Crippen LogP) is 2.86. The van der Waals surface area contributed by atoms with Crippen molar-refractivity contribution in [2.24, 2.45) is 0 Å². The van der Waals surface area contributed by atoms with Gasteiger partial charge in [-0.3, -0.25) is 4.79 Å². The number of aromatic nitrogens is 1. The molecule has 1 aromatic heterocycles. The molecule has 2 atom stereocenters. The number of quaternary nitrogens is 1. The number of hydrogen-bond acceptors (Lipinski definition) is 4. The molecule has 2 heterocycles. The summed E-state index contributed by atoms with van der Waals surface area (Å²) in [4.78, 5) is 18.5. The molecule has 2 N–H and O–H groups in total. The molecule has 1 unspecified atom stereocenters. The lowest BCUT2D eigenvalue weighted by molar-refractivity contribution is -0.910. The molecule has 3 aromatic rings. The van der Waals surface area contributed by atoms with Crippen molar-refractivity contribution in [3.63, 3.8) is 0 Å². The van der Waals surface area contributed by atoms with E-state index in [1.54, 1.807) is 23.5 Å². The van der Waals surface area contributed by atoms with Crippen molar-refractivity contribution in [3.05, 3.63) is 58.6 Å². The average molecular weight is 417 g/mol.